The molecule has 1 atom stereocenters. The summed E-state index contributed by atoms with van der Waals surface area (Å²) in [6.45, 7) is 0. The van der Waals surface area contributed by atoms with E-state index in [4.69, 9.17) is 10.9 Å². The molecular weight excluding hydrogens is 236 g/mol. The minimum Gasteiger partial charge on any atom is -0.409 e. The molecule has 0 aliphatic carbocycles. The Morgan fingerprint density at radius 1 is 1.65 bits per heavy atom. The third-order valence-electron chi connectivity index (χ3n) is 2.97. The van der Waals surface area contributed by atoms with Crippen molar-refractivity contribution in [3.05, 3.63) is 23.9 Å². The number of nitrogens with two attached hydrogens (primary N) is 1. The second kappa shape index (κ2) is 5.27. The summed E-state index contributed by atoms with van der Waals surface area (Å²) in [7, 11) is 2.06. The van der Waals surface area contributed by atoms with Gasteiger partial charge in [0.15, 0.2) is 5.84 Å². The first-order valence-corrected chi connectivity index (χ1v) is 6.62. The predicted molar refractivity (Wildman–Crippen MR) is 70.9 cm³/mol. The zero-order valence-electron chi connectivity index (χ0n) is 9.71. The van der Waals surface area contributed by atoms with Crippen LogP contribution < -0.4 is 10.6 Å². The van der Waals surface area contributed by atoms with Crippen LogP contribution in [0.25, 0.3) is 0 Å². The second-order valence-corrected chi connectivity index (χ2v) is 5.17. The van der Waals surface area contributed by atoms with Gasteiger partial charge < -0.3 is 15.8 Å². The molecule has 5 nitrogen and oxygen atoms in total. The highest BCUT2D eigenvalue weighted by Gasteiger charge is 2.20. The predicted octanol–water partition coefficient (Wildman–Crippen LogP) is 1.12. The summed E-state index contributed by atoms with van der Waals surface area (Å²) >= 11 is 1.98. The number of hydrogen-bond acceptors (Lipinski definition) is 5. The first-order valence-electron chi connectivity index (χ1n) is 5.47. The summed E-state index contributed by atoms with van der Waals surface area (Å²) in [5, 5.41) is 11.5. The Labute approximate surface area is 105 Å². The van der Waals surface area contributed by atoms with Crippen molar-refractivity contribution in [3.8, 4) is 0 Å². The number of aromatic nitrogens is 1. The largest absolute Gasteiger partial charge is 0.409 e. The molecule has 1 aliphatic rings. The molecule has 2 heterocycles. The molecule has 3 N–H and O–H groups in total. The van der Waals surface area contributed by atoms with Gasteiger partial charge in [0.05, 0.1) is 0 Å². The normalized spacial score (nSPS) is 20.5. The van der Waals surface area contributed by atoms with Crippen LogP contribution in [-0.4, -0.2) is 40.6 Å². The van der Waals surface area contributed by atoms with E-state index in [-0.39, 0.29) is 5.84 Å². The maximum Gasteiger partial charge on any atom is 0.171 e. The molecule has 1 aromatic heterocycles. The first kappa shape index (κ1) is 12.0. The molecule has 92 valence electrons. The number of hydrogen-bond donors (Lipinski definition) is 2. The van der Waals surface area contributed by atoms with Gasteiger partial charge in [-0.15, -0.1) is 0 Å². The third-order valence-corrected chi connectivity index (χ3v) is 4.11. The van der Waals surface area contributed by atoms with Gasteiger partial charge in [0.1, 0.15) is 5.82 Å². The fourth-order valence-corrected chi connectivity index (χ4v) is 3.09. The van der Waals surface area contributed by atoms with E-state index in [2.05, 4.69) is 22.1 Å². The van der Waals surface area contributed by atoms with Crippen LogP contribution >= 0.6 is 11.8 Å². The quantitative estimate of drug-likeness (QED) is 0.365. The molecule has 0 saturated carbocycles. The molecule has 0 radical (unpaired) electrons. The fourth-order valence-electron chi connectivity index (χ4n) is 1.82. The van der Waals surface area contributed by atoms with Gasteiger partial charge in [-0.1, -0.05) is 5.16 Å². The lowest BCUT2D eigenvalue weighted by atomic mass is 10.2. The van der Waals surface area contributed by atoms with Gasteiger partial charge in [0.25, 0.3) is 0 Å². The molecule has 1 saturated heterocycles. The second-order valence-electron chi connectivity index (χ2n) is 4.02. The number of rotatable bonds is 3. The average molecular weight is 252 g/mol. The summed E-state index contributed by atoms with van der Waals surface area (Å²) in [6, 6.07) is 4.27. The zero-order valence-corrected chi connectivity index (χ0v) is 10.5. The lowest BCUT2D eigenvalue weighted by Gasteiger charge is -2.24. The van der Waals surface area contributed by atoms with Crippen molar-refractivity contribution in [2.75, 3.05) is 23.5 Å². The van der Waals surface area contributed by atoms with Crippen LogP contribution in [0.4, 0.5) is 5.82 Å². The molecule has 0 amide bonds. The Bertz CT molecular complexity index is 400. The Balaban J connectivity index is 2.11. The van der Waals surface area contributed by atoms with Crippen molar-refractivity contribution < 1.29 is 5.21 Å². The highest BCUT2D eigenvalue weighted by atomic mass is 32.2. The van der Waals surface area contributed by atoms with Gasteiger partial charge in [0, 0.05) is 30.6 Å². The summed E-state index contributed by atoms with van der Waals surface area (Å²) in [4.78, 5) is 6.53. The first-order chi connectivity index (χ1) is 8.22. The number of nitrogens with zero attached hydrogens (tertiary/aromatic N) is 3. The zero-order chi connectivity index (χ0) is 12.3. The van der Waals surface area contributed by atoms with E-state index in [1.54, 1.807) is 6.20 Å². The number of pyridine rings is 1. The van der Waals surface area contributed by atoms with Crippen molar-refractivity contribution in [1.82, 2.24) is 4.98 Å². The molecule has 0 bridgehead atoms. The van der Waals surface area contributed by atoms with Gasteiger partial charge in [-0.2, -0.15) is 11.8 Å². The lowest BCUT2D eigenvalue weighted by Crippen LogP contribution is -2.32. The topological polar surface area (TPSA) is 74.7 Å². The molecule has 1 aromatic rings. The standard InChI is InChI=1S/C11H16N4OS/c1-15(9-4-5-17-7-9)10-3-2-8(6-13-10)11(12)14-16/h2-3,6,9,16H,4-5,7H2,1H3,(H2,12,14). The smallest absolute Gasteiger partial charge is 0.171 e. The third kappa shape index (κ3) is 2.63. The van der Waals surface area contributed by atoms with Crippen molar-refractivity contribution in [3.63, 3.8) is 0 Å². The van der Waals surface area contributed by atoms with Crippen LogP contribution in [0.5, 0.6) is 0 Å². The number of thioether (sulfide) groups is 1. The molecule has 0 spiro atoms. The summed E-state index contributed by atoms with van der Waals surface area (Å²) in [5.74, 6) is 3.38. The number of anilines is 1. The Hall–Kier alpha value is -1.43. The maximum atomic E-state index is 8.56. The lowest BCUT2D eigenvalue weighted by molar-refractivity contribution is 0.318. The van der Waals surface area contributed by atoms with Gasteiger partial charge in [-0.3, -0.25) is 0 Å². The van der Waals surface area contributed by atoms with Gasteiger partial charge in [0.2, 0.25) is 0 Å². The van der Waals surface area contributed by atoms with Gasteiger partial charge in [-0.05, 0) is 24.3 Å². The van der Waals surface area contributed by atoms with E-state index in [1.807, 2.05) is 23.9 Å². The molecule has 17 heavy (non-hydrogen) atoms. The summed E-state index contributed by atoms with van der Waals surface area (Å²) in [6.07, 6.45) is 2.83. The van der Waals surface area contributed by atoms with E-state index in [9.17, 15) is 0 Å². The fraction of sp³-hybridized carbons (Fsp3) is 0.455. The van der Waals surface area contributed by atoms with E-state index >= 15 is 0 Å². The SMILES string of the molecule is CN(c1ccc(/C(N)=N/O)cn1)C1CCSC1. The number of amidine groups is 1. The van der Waals surface area contributed by atoms with Crippen LogP contribution in [0.15, 0.2) is 23.5 Å². The van der Waals surface area contributed by atoms with Crippen molar-refractivity contribution in [2.24, 2.45) is 10.9 Å². The average Bonchev–Trinajstić information content (AvgIpc) is 2.91. The molecule has 2 rings (SSSR count). The minimum atomic E-state index is 0.0862. The van der Waals surface area contributed by atoms with Crippen molar-refractivity contribution in [1.29, 1.82) is 0 Å². The Morgan fingerprint density at radius 2 is 2.47 bits per heavy atom. The van der Waals surface area contributed by atoms with Crippen LogP contribution in [0.1, 0.15) is 12.0 Å². The summed E-state index contributed by atoms with van der Waals surface area (Å²) < 4.78 is 0. The monoisotopic (exact) mass is 252 g/mol. The van der Waals surface area contributed by atoms with Crippen LogP contribution in [0.2, 0.25) is 0 Å². The molecular formula is C11H16N4OS. The van der Waals surface area contributed by atoms with E-state index < -0.39 is 0 Å². The molecule has 0 aromatic carbocycles. The molecule has 6 heteroatoms. The van der Waals surface area contributed by atoms with Crippen molar-refractivity contribution >= 4 is 23.4 Å². The van der Waals surface area contributed by atoms with E-state index in [0.29, 0.717) is 11.6 Å². The van der Waals surface area contributed by atoms with Crippen LogP contribution in [0, 0.1) is 0 Å². The van der Waals surface area contributed by atoms with Crippen LogP contribution in [0.3, 0.4) is 0 Å². The Morgan fingerprint density at radius 3 is 3.00 bits per heavy atom. The molecule has 1 fully saturated rings. The van der Waals surface area contributed by atoms with Gasteiger partial charge in [-0.25, -0.2) is 4.98 Å². The maximum absolute atomic E-state index is 8.56. The van der Waals surface area contributed by atoms with Gasteiger partial charge >= 0.3 is 0 Å². The highest BCUT2D eigenvalue weighted by Crippen LogP contribution is 2.24. The summed E-state index contributed by atoms with van der Waals surface area (Å²) in [5.41, 5.74) is 6.12. The van der Waals surface area contributed by atoms with E-state index in [0.717, 1.165) is 11.6 Å². The number of oxime groups is 1. The highest BCUT2D eigenvalue weighted by molar-refractivity contribution is 7.99. The molecule has 1 aliphatic heterocycles. The van der Waals surface area contributed by atoms with Crippen LogP contribution in [-0.2, 0) is 0 Å². The van der Waals surface area contributed by atoms with Crippen molar-refractivity contribution in [2.45, 2.75) is 12.5 Å². The molecule has 1 unspecified atom stereocenters. The van der Waals surface area contributed by atoms with E-state index in [1.165, 1.54) is 12.2 Å². The minimum absolute atomic E-state index is 0.0862. The Kier molecular flexibility index (Phi) is 3.73.